The molecule has 0 aliphatic carbocycles. The normalized spacial score (nSPS) is 29.8. The lowest BCUT2D eigenvalue weighted by Crippen LogP contribution is -2.49. The Hall–Kier alpha value is -0.220. The number of hydrogen-bond donors (Lipinski definition) is 1. The number of esters is 1. The van der Waals surface area contributed by atoms with Crippen molar-refractivity contribution in [2.24, 2.45) is 0 Å². The lowest BCUT2D eigenvalue weighted by molar-refractivity contribution is -0.142. The minimum absolute atomic E-state index is 0.0984. The number of hydrogen-bond acceptors (Lipinski definition) is 4. The molecule has 0 aromatic carbocycles. The van der Waals surface area contributed by atoms with Gasteiger partial charge >= 0.3 is 5.97 Å². The van der Waals surface area contributed by atoms with Crippen LogP contribution in [0, 0.1) is 0 Å². The van der Waals surface area contributed by atoms with Crippen LogP contribution in [-0.4, -0.2) is 36.7 Å². The summed E-state index contributed by atoms with van der Waals surface area (Å²) in [5.41, 5.74) is 0. The van der Waals surface area contributed by atoms with Crippen LogP contribution in [0.4, 0.5) is 0 Å². The average molecular weight is 189 g/mol. The Morgan fingerprint density at radius 3 is 3.00 bits per heavy atom. The average Bonchev–Trinajstić information content (AvgIpc) is 2.17. The third-order valence-corrected chi connectivity index (χ3v) is 3.23. The van der Waals surface area contributed by atoms with Gasteiger partial charge in [0.25, 0.3) is 0 Å². The molecular weight excluding hydrogens is 174 g/mol. The van der Waals surface area contributed by atoms with Crippen molar-refractivity contribution in [1.29, 1.82) is 0 Å². The molecule has 2 atom stereocenters. The maximum absolute atomic E-state index is 11.1. The molecule has 0 aromatic heterocycles. The van der Waals surface area contributed by atoms with E-state index in [2.05, 4.69) is 17.0 Å². The maximum Gasteiger partial charge on any atom is 0.323 e. The first kappa shape index (κ1) is 9.86. The number of nitrogens with one attached hydrogen (secondary N) is 1. The Kier molecular flexibility index (Phi) is 3.88. The molecule has 1 aliphatic heterocycles. The van der Waals surface area contributed by atoms with E-state index in [4.69, 9.17) is 0 Å². The summed E-state index contributed by atoms with van der Waals surface area (Å²) in [6.07, 6.45) is 1.07. The second kappa shape index (κ2) is 4.72. The first-order valence-electron chi connectivity index (χ1n) is 4.19. The van der Waals surface area contributed by atoms with Gasteiger partial charge in [0.1, 0.15) is 6.04 Å². The molecule has 1 heterocycles. The molecule has 1 aliphatic rings. The van der Waals surface area contributed by atoms with E-state index in [9.17, 15) is 4.79 Å². The molecule has 70 valence electrons. The Labute approximate surface area is 77.2 Å². The molecule has 1 fully saturated rings. The van der Waals surface area contributed by atoms with Gasteiger partial charge in [0.15, 0.2) is 0 Å². The van der Waals surface area contributed by atoms with Crippen LogP contribution < -0.4 is 5.32 Å². The van der Waals surface area contributed by atoms with Crippen LogP contribution >= 0.6 is 11.8 Å². The van der Waals surface area contributed by atoms with Crippen LogP contribution in [0.2, 0.25) is 0 Å². The molecule has 1 rings (SSSR count). The summed E-state index contributed by atoms with van der Waals surface area (Å²) in [4.78, 5) is 11.1. The highest BCUT2D eigenvalue weighted by Gasteiger charge is 2.26. The van der Waals surface area contributed by atoms with Crippen LogP contribution in [-0.2, 0) is 9.53 Å². The summed E-state index contributed by atoms with van der Waals surface area (Å²) in [7, 11) is 1.43. The fraction of sp³-hybridized carbons (Fsp3) is 0.875. The van der Waals surface area contributed by atoms with E-state index in [1.807, 2.05) is 11.8 Å². The summed E-state index contributed by atoms with van der Waals surface area (Å²) in [6, 6.07) is 0.367. The number of rotatable bonds is 2. The van der Waals surface area contributed by atoms with E-state index in [1.54, 1.807) is 0 Å². The van der Waals surface area contributed by atoms with Crippen molar-refractivity contribution in [3.8, 4) is 0 Å². The van der Waals surface area contributed by atoms with Crippen LogP contribution in [0.5, 0.6) is 0 Å². The third kappa shape index (κ3) is 2.38. The Morgan fingerprint density at radius 1 is 1.67 bits per heavy atom. The molecule has 3 nitrogen and oxygen atoms in total. The minimum Gasteiger partial charge on any atom is -0.468 e. The van der Waals surface area contributed by atoms with Gasteiger partial charge in [-0.25, -0.2) is 0 Å². The van der Waals surface area contributed by atoms with E-state index in [1.165, 1.54) is 7.11 Å². The first-order chi connectivity index (χ1) is 5.77. The molecule has 0 amide bonds. The van der Waals surface area contributed by atoms with Crippen molar-refractivity contribution in [2.45, 2.75) is 25.4 Å². The number of thioether (sulfide) groups is 1. The van der Waals surface area contributed by atoms with Crippen molar-refractivity contribution in [1.82, 2.24) is 5.32 Å². The topological polar surface area (TPSA) is 38.3 Å². The van der Waals surface area contributed by atoms with Crippen molar-refractivity contribution < 1.29 is 9.53 Å². The number of carbonyl (C=O) groups excluding carboxylic acids is 1. The van der Waals surface area contributed by atoms with Gasteiger partial charge in [0, 0.05) is 17.5 Å². The second-order valence-electron chi connectivity index (χ2n) is 2.89. The Morgan fingerprint density at radius 2 is 2.42 bits per heavy atom. The summed E-state index contributed by atoms with van der Waals surface area (Å²) < 4.78 is 4.67. The summed E-state index contributed by atoms with van der Waals surface area (Å²) >= 11 is 1.82. The lowest BCUT2D eigenvalue weighted by Gasteiger charge is -2.28. The molecular formula is C8H15NO2S. The first-order valence-corrected chi connectivity index (χ1v) is 5.35. The highest BCUT2D eigenvalue weighted by atomic mass is 32.2. The Balaban J connectivity index is 2.40. The zero-order valence-electron chi connectivity index (χ0n) is 7.50. The van der Waals surface area contributed by atoms with E-state index in [0.29, 0.717) is 6.04 Å². The predicted octanol–water partition coefficient (Wildman–Crippen LogP) is 0.643. The summed E-state index contributed by atoms with van der Waals surface area (Å²) in [5.74, 6) is 1.80. The quantitative estimate of drug-likeness (QED) is 0.647. The fourth-order valence-corrected chi connectivity index (χ4v) is 2.44. The molecule has 0 bridgehead atoms. The molecule has 0 spiro atoms. The van der Waals surface area contributed by atoms with Gasteiger partial charge in [-0.3, -0.25) is 4.79 Å². The smallest absolute Gasteiger partial charge is 0.323 e. The third-order valence-electron chi connectivity index (χ3n) is 2.02. The number of ether oxygens (including phenoxy) is 1. The molecule has 4 heteroatoms. The van der Waals surface area contributed by atoms with Gasteiger partial charge < -0.3 is 10.1 Å². The lowest BCUT2D eigenvalue weighted by atomic mass is 10.2. The molecule has 1 saturated heterocycles. The van der Waals surface area contributed by atoms with E-state index in [0.717, 1.165) is 17.9 Å². The van der Waals surface area contributed by atoms with E-state index < -0.39 is 0 Å². The molecule has 0 radical (unpaired) electrons. The van der Waals surface area contributed by atoms with Crippen LogP contribution in [0.1, 0.15) is 13.3 Å². The molecule has 2 unspecified atom stereocenters. The van der Waals surface area contributed by atoms with E-state index in [-0.39, 0.29) is 12.0 Å². The van der Waals surface area contributed by atoms with Gasteiger partial charge in [-0.1, -0.05) is 6.92 Å². The van der Waals surface area contributed by atoms with Gasteiger partial charge in [-0.05, 0) is 6.42 Å². The van der Waals surface area contributed by atoms with Gasteiger partial charge in [0.2, 0.25) is 0 Å². The molecule has 0 aromatic rings. The highest BCUT2D eigenvalue weighted by molar-refractivity contribution is 7.99. The van der Waals surface area contributed by atoms with Crippen LogP contribution in [0.3, 0.4) is 0 Å². The molecule has 0 saturated carbocycles. The van der Waals surface area contributed by atoms with Crippen molar-refractivity contribution in [3.63, 3.8) is 0 Å². The van der Waals surface area contributed by atoms with Gasteiger partial charge in [-0.2, -0.15) is 11.8 Å². The predicted molar refractivity (Wildman–Crippen MR) is 50.3 cm³/mol. The summed E-state index contributed by atoms with van der Waals surface area (Å²) in [5, 5.41) is 3.26. The van der Waals surface area contributed by atoms with Gasteiger partial charge in [0.05, 0.1) is 7.11 Å². The largest absolute Gasteiger partial charge is 0.468 e. The van der Waals surface area contributed by atoms with Crippen LogP contribution in [0.25, 0.3) is 0 Å². The zero-order valence-corrected chi connectivity index (χ0v) is 8.32. The van der Waals surface area contributed by atoms with Gasteiger partial charge in [-0.15, -0.1) is 0 Å². The standard InChI is InChI=1S/C8H15NO2S/c1-3-6-4-12-5-7(9-6)8(10)11-2/h6-7,9H,3-5H2,1-2H3. The molecule has 1 N–H and O–H groups in total. The maximum atomic E-state index is 11.1. The fourth-order valence-electron chi connectivity index (χ4n) is 1.22. The molecule has 12 heavy (non-hydrogen) atoms. The summed E-state index contributed by atoms with van der Waals surface area (Å²) in [6.45, 7) is 2.12. The van der Waals surface area contributed by atoms with Crippen molar-refractivity contribution >= 4 is 17.7 Å². The monoisotopic (exact) mass is 189 g/mol. The highest BCUT2D eigenvalue weighted by Crippen LogP contribution is 2.14. The minimum atomic E-state index is -0.138. The Bertz CT molecular complexity index is 163. The van der Waals surface area contributed by atoms with Crippen molar-refractivity contribution in [3.05, 3.63) is 0 Å². The van der Waals surface area contributed by atoms with E-state index >= 15 is 0 Å². The second-order valence-corrected chi connectivity index (χ2v) is 3.96. The zero-order chi connectivity index (χ0) is 8.97. The SMILES string of the molecule is CCC1CSCC(C(=O)OC)N1. The number of methoxy groups -OCH3 is 1. The van der Waals surface area contributed by atoms with Crippen LogP contribution in [0.15, 0.2) is 0 Å². The van der Waals surface area contributed by atoms with Crippen molar-refractivity contribution in [2.75, 3.05) is 18.6 Å². The number of carbonyl (C=O) groups is 1.